The van der Waals surface area contributed by atoms with E-state index >= 15 is 0 Å². The molecule has 0 aromatic heterocycles. The van der Waals surface area contributed by atoms with Crippen LogP contribution in [0.15, 0.2) is 0 Å². The predicted molar refractivity (Wildman–Crippen MR) is 46.3 cm³/mol. The van der Waals surface area contributed by atoms with Crippen LogP contribution in [0.4, 0.5) is 0 Å². The standard InChI is InChI=1S/C11H18/c1-2-4-8-6-10(8)11-7-9(11)5-3-1/h8-11H,1-7H2. The van der Waals surface area contributed by atoms with Gasteiger partial charge in [-0.3, -0.25) is 0 Å². The maximum atomic E-state index is 1.61. The summed E-state index contributed by atoms with van der Waals surface area (Å²) in [7, 11) is 0. The van der Waals surface area contributed by atoms with Crippen LogP contribution in [0.2, 0.25) is 0 Å². The molecule has 3 fully saturated rings. The Hall–Kier alpha value is 0. The van der Waals surface area contributed by atoms with Crippen molar-refractivity contribution in [3.8, 4) is 0 Å². The molecular formula is C11H18. The van der Waals surface area contributed by atoms with Crippen LogP contribution in [-0.4, -0.2) is 0 Å². The third-order valence-electron chi connectivity index (χ3n) is 4.15. The lowest BCUT2D eigenvalue weighted by Gasteiger charge is -1.96. The Morgan fingerprint density at radius 1 is 0.636 bits per heavy atom. The summed E-state index contributed by atoms with van der Waals surface area (Å²) in [5.74, 6) is 4.84. The maximum Gasteiger partial charge on any atom is -0.0352 e. The van der Waals surface area contributed by atoms with Crippen molar-refractivity contribution in [2.45, 2.75) is 44.9 Å². The zero-order chi connectivity index (χ0) is 7.26. The van der Waals surface area contributed by atoms with Crippen molar-refractivity contribution in [3.05, 3.63) is 0 Å². The van der Waals surface area contributed by atoms with Crippen molar-refractivity contribution >= 4 is 0 Å². The second-order valence-corrected chi connectivity index (χ2v) is 4.96. The van der Waals surface area contributed by atoms with E-state index in [1.807, 2.05) is 0 Å². The lowest BCUT2D eigenvalue weighted by Crippen LogP contribution is -1.86. The van der Waals surface area contributed by atoms with Crippen LogP contribution in [0.5, 0.6) is 0 Å². The highest BCUT2D eigenvalue weighted by Gasteiger charge is 2.52. The molecule has 0 spiro atoms. The van der Waals surface area contributed by atoms with E-state index in [1.165, 1.54) is 30.1 Å². The van der Waals surface area contributed by atoms with Crippen molar-refractivity contribution in [1.82, 2.24) is 0 Å². The average molecular weight is 150 g/mol. The molecule has 0 saturated heterocycles. The Morgan fingerprint density at radius 2 is 1.18 bits per heavy atom. The molecule has 0 aromatic rings. The molecule has 0 heterocycles. The summed E-state index contributed by atoms with van der Waals surface area (Å²) in [4.78, 5) is 0. The highest BCUT2D eigenvalue weighted by Crippen LogP contribution is 2.61. The van der Waals surface area contributed by atoms with E-state index in [9.17, 15) is 0 Å². The van der Waals surface area contributed by atoms with E-state index in [0.29, 0.717) is 0 Å². The summed E-state index contributed by atoms with van der Waals surface area (Å²) in [6.45, 7) is 0. The molecule has 0 aromatic carbocycles. The summed E-state index contributed by atoms with van der Waals surface area (Å²) in [6.07, 6.45) is 11.0. The van der Waals surface area contributed by atoms with E-state index in [4.69, 9.17) is 0 Å². The Morgan fingerprint density at radius 3 is 1.73 bits per heavy atom. The average Bonchev–Trinajstić information content (AvgIpc) is 2.82. The molecular weight excluding hydrogens is 132 g/mol. The zero-order valence-corrected chi connectivity index (χ0v) is 7.26. The van der Waals surface area contributed by atoms with Gasteiger partial charge in [-0.15, -0.1) is 0 Å². The van der Waals surface area contributed by atoms with E-state index in [2.05, 4.69) is 0 Å². The van der Waals surface area contributed by atoms with Crippen LogP contribution in [0.3, 0.4) is 0 Å². The smallest absolute Gasteiger partial charge is 0.0352 e. The number of rotatable bonds is 0. The maximum absolute atomic E-state index is 1.61. The lowest BCUT2D eigenvalue weighted by molar-refractivity contribution is 0.561. The molecule has 0 N–H and O–H groups in total. The largest absolute Gasteiger partial charge is 0.0533 e. The van der Waals surface area contributed by atoms with Gasteiger partial charge in [-0.2, -0.15) is 0 Å². The fourth-order valence-electron chi connectivity index (χ4n) is 3.24. The van der Waals surface area contributed by atoms with E-state index in [0.717, 1.165) is 0 Å². The van der Waals surface area contributed by atoms with Gasteiger partial charge in [0.2, 0.25) is 0 Å². The molecule has 0 heteroatoms. The van der Waals surface area contributed by atoms with Crippen LogP contribution >= 0.6 is 0 Å². The summed E-state index contributed by atoms with van der Waals surface area (Å²) >= 11 is 0. The summed E-state index contributed by atoms with van der Waals surface area (Å²) in [5.41, 5.74) is 0. The second kappa shape index (κ2) is 2.24. The van der Waals surface area contributed by atoms with Gasteiger partial charge in [0.15, 0.2) is 0 Å². The first-order chi connectivity index (χ1) is 5.45. The molecule has 3 aliphatic rings. The minimum Gasteiger partial charge on any atom is -0.0533 e. The van der Waals surface area contributed by atoms with Crippen molar-refractivity contribution < 1.29 is 0 Å². The van der Waals surface area contributed by atoms with Crippen molar-refractivity contribution in [2.24, 2.45) is 23.7 Å². The van der Waals surface area contributed by atoms with E-state index < -0.39 is 0 Å². The van der Waals surface area contributed by atoms with Crippen LogP contribution in [0, 0.1) is 23.7 Å². The van der Waals surface area contributed by atoms with Crippen molar-refractivity contribution in [3.63, 3.8) is 0 Å². The molecule has 3 saturated carbocycles. The van der Waals surface area contributed by atoms with Gasteiger partial charge in [0, 0.05) is 0 Å². The second-order valence-electron chi connectivity index (χ2n) is 4.96. The van der Waals surface area contributed by atoms with Crippen LogP contribution in [-0.2, 0) is 0 Å². The molecule has 0 nitrogen and oxygen atoms in total. The summed E-state index contributed by atoms with van der Waals surface area (Å²) in [5, 5.41) is 0. The van der Waals surface area contributed by atoms with Crippen LogP contribution in [0.1, 0.15) is 44.9 Å². The molecule has 3 aliphatic carbocycles. The molecule has 0 aliphatic heterocycles. The SMILES string of the molecule is C1CCC2CC2C2CC2CC1. The van der Waals surface area contributed by atoms with E-state index in [1.54, 1.807) is 38.5 Å². The fourth-order valence-corrected chi connectivity index (χ4v) is 3.24. The zero-order valence-electron chi connectivity index (χ0n) is 7.26. The van der Waals surface area contributed by atoms with Gasteiger partial charge in [0.05, 0.1) is 0 Å². The first-order valence-corrected chi connectivity index (χ1v) is 5.45. The highest BCUT2D eigenvalue weighted by molar-refractivity contribution is 5.02. The quantitative estimate of drug-likeness (QED) is 0.497. The Bertz CT molecular complexity index is 143. The number of fused-ring (bicyclic) bond motifs is 3. The van der Waals surface area contributed by atoms with Gasteiger partial charge in [-0.1, -0.05) is 32.1 Å². The minimum atomic E-state index is 1.20. The highest BCUT2D eigenvalue weighted by atomic mass is 14.6. The topological polar surface area (TPSA) is 0 Å². The molecule has 62 valence electrons. The summed E-state index contributed by atoms with van der Waals surface area (Å²) in [6, 6.07) is 0. The number of hydrogen-bond acceptors (Lipinski definition) is 0. The minimum absolute atomic E-state index is 1.20. The van der Waals surface area contributed by atoms with Gasteiger partial charge >= 0.3 is 0 Å². The van der Waals surface area contributed by atoms with Crippen LogP contribution in [0.25, 0.3) is 0 Å². The van der Waals surface area contributed by atoms with Gasteiger partial charge in [0.25, 0.3) is 0 Å². The molecule has 4 unspecified atom stereocenters. The third-order valence-corrected chi connectivity index (χ3v) is 4.15. The molecule has 11 heavy (non-hydrogen) atoms. The molecule has 4 atom stereocenters. The van der Waals surface area contributed by atoms with Gasteiger partial charge in [-0.05, 0) is 36.5 Å². The number of hydrogen-bond donors (Lipinski definition) is 0. The normalized spacial score (nSPS) is 54.5. The van der Waals surface area contributed by atoms with Crippen molar-refractivity contribution in [1.29, 1.82) is 0 Å². The Kier molecular flexibility index (Phi) is 1.33. The van der Waals surface area contributed by atoms with Gasteiger partial charge in [0.1, 0.15) is 0 Å². The molecule has 0 bridgehead atoms. The van der Waals surface area contributed by atoms with Gasteiger partial charge in [-0.25, -0.2) is 0 Å². The summed E-state index contributed by atoms with van der Waals surface area (Å²) < 4.78 is 0. The monoisotopic (exact) mass is 150 g/mol. The predicted octanol–water partition coefficient (Wildman–Crippen LogP) is 3.22. The first-order valence-electron chi connectivity index (χ1n) is 5.45. The Balaban J connectivity index is 1.66. The first kappa shape index (κ1) is 6.51. The fraction of sp³-hybridized carbons (Fsp3) is 1.00. The van der Waals surface area contributed by atoms with Gasteiger partial charge < -0.3 is 0 Å². The van der Waals surface area contributed by atoms with Crippen molar-refractivity contribution in [2.75, 3.05) is 0 Å². The van der Waals surface area contributed by atoms with E-state index in [-0.39, 0.29) is 0 Å². The Labute approximate surface area is 69.4 Å². The molecule has 0 radical (unpaired) electrons. The lowest BCUT2D eigenvalue weighted by atomic mass is 10.1. The van der Waals surface area contributed by atoms with Crippen LogP contribution < -0.4 is 0 Å². The third kappa shape index (κ3) is 1.11. The molecule has 0 amide bonds. The molecule has 3 rings (SSSR count).